The van der Waals surface area contributed by atoms with E-state index in [1.165, 1.54) is 17.3 Å². The first kappa shape index (κ1) is 16.6. The van der Waals surface area contributed by atoms with Crippen LogP contribution < -0.4 is 5.43 Å². The van der Waals surface area contributed by atoms with Crippen molar-refractivity contribution in [3.8, 4) is 11.4 Å². The Morgan fingerprint density at radius 2 is 1.77 bits per heavy atom. The van der Waals surface area contributed by atoms with Crippen LogP contribution in [0, 0.1) is 13.8 Å². The summed E-state index contributed by atoms with van der Waals surface area (Å²) in [5, 5.41) is 8.61. The highest BCUT2D eigenvalue weighted by atomic mass is 32.2. The van der Waals surface area contributed by atoms with Crippen LogP contribution in [-0.2, 0) is 5.75 Å². The van der Waals surface area contributed by atoms with E-state index in [-0.39, 0.29) is 5.43 Å². The maximum atomic E-state index is 12.3. The maximum Gasteiger partial charge on any atom is 0.209 e. The molecule has 2 aromatic heterocycles. The number of benzene rings is 2. The lowest BCUT2D eigenvalue weighted by molar-refractivity contribution is 0.972. The third kappa shape index (κ3) is 3.41. The van der Waals surface area contributed by atoms with E-state index >= 15 is 0 Å². The second kappa shape index (κ2) is 6.80. The molecule has 0 amide bonds. The van der Waals surface area contributed by atoms with E-state index in [0.717, 1.165) is 28.2 Å². The number of nitrogens with one attached hydrogen (secondary N) is 2. The van der Waals surface area contributed by atoms with Crippen molar-refractivity contribution in [1.29, 1.82) is 0 Å². The highest BCUT2D eigenvalue weighted by Crippen LogP contribution is 2.22. The smallest absolute Gasteiger partial charge is 0.209 e. The third-order valence-electron chi connectivity index (χ3n) is 4.19. The Labute approximate surface area is 154 Å². The first-order valence-corrected chi connectivity index (χ1v) is 9.32. The van der Waals surface area contributed by atoms with Crippen molar-refractivity contribution >= 4 is 22.7 Å². The number of pyridine rings is 1. The number of H-pyrrole nitrogens is 2. The van der Waals surface area contributed by atoms with Crippen molar-refractivity contribution in [3.63, 3.8) is 0 Å². The lowest BCUT2D eigenvalue weighted by Gasteiger charge is -2.04. The Hall–Kier alpha value is -2.86. The van der Waals surface area contributed by atoms with E-state index < -0.39 is 0 Å². The molecular weight excluding hydrogens is 344 g/mol. The standard InChI is InChI=1S/C20H18N4OS/c1-12-3-6-14(7-4-12)19-22-20(24-23-19)26-11-15-10-18(25)16-8-5-13(2)9-17(16)21-15/h3-10H,11H2,1-2H3,(H,21,25)(H,22,23,24). The van der Waals surface area contributed by atoms with Crippen LogP contribution in [0.4, 0.5) is 0 Å². The first-order valence-electron chi connectivity index (χ1n) is 8.33. The van der Waals surface area contributed by atoms with Gasteiger partial charge in [-0.05, 0) is 31.5 Å². The fourth-order valence-corrected chi connectivity index (χ4v) is 3.50. The van der Waals surface area contributed by atoms with E-state index in [2.05, 4.69) is 27.1 Å². The monoisotopic (exact) mass is 362 g/mol. The zero-order valence-corrected chi connectivity index (χ0v) is 15.4. The molecule has 0 spiro atoms. The molecule has 0 radical (unpaired) electrons. The van der Waals surface area contributed by atoms with Crippen molar-refractivity contribution in [1.82, 2.24) is 20.2 Å². The van der Waals surface area contributed by atoms with Crippen molar-refractivity contribution in [3.05, 3.63) is 75.6 Å². The molecule has 2 heterocycles. The molecule has 26 heavy (non-hydrogen) atoms. The van der Waals surface area contributed by atoms with E-state index in [0.29, 0.717) is 16.3 Å². The van der Waals surface area contributed by atoms with Gasteiger partial charge >= 0.3 is 0 Å². The Morgan fingerprint density at radius 3 is 2.58 bits per heavy atom. The van der Waals surface area contributed by atoms with Gasteiger partial charge in [0.05, 0.1) is 0 Å². The average molecular weight is 362 g/mol. The second-order valence-electron chi connectivity index (χ2n) is 6.33. The van der Waals surface area contributed by atoms with E-state index in [9.17, 15) is 4.79 Å². The van der Waals surface area contributed by atoms with Crippen LogP contribution in [0.5, 0.6) is 0 Å². The molecule has 6 heteroatoms. The van der Waals surface area contributed by atoms with Crippen LogP contribution in [0.1, 0.15) is 16.8 Å². The highest BCUT2D eigenvalue weighted by Gasteiger charge is 2.08. The Morgan fingerprint density at radius 1 is 1.00 bits per heavy atom. The second-order valence-corrected chi connectivity index (χ2v) is 7.27. The van der Waals surface area contributed by atoms with Gasteiger partial charge in [-0.15, -0.1) is 5.10 Å². The lowest BCUT2D eigenvalue weighted by atomic mass is 10.1. The van der Waals surface area contributed by atoms with Crippen LogP contribution in [0.15, 0.2) is 58.5 Å². The van der Waals surface area contributed by atoms with Gasteiger partial charge in [-0.2, -0.15) is 0 Å². The summed E-state index contributed by atoms with van der Waals surface area (Å²) in [4.78, 5) is 20.1. The number of hydrogen-bond donors (Lipinski definition) is 2. The van der Waals surface area contributed by atoms with Gasteiger partial charge in [0.15, 0.2) is 11.3 Å². The minimum absolute atomic E-state index is 0.0321. The van der Waals surface area contributed by atoms with Crippen LogP contribution in [-0.4, -0.2) is 20.2 Å². The minimum atomic E-state index is 0.0321. The largest absolute Gasteiger partial charge is 0.357 e. The molecule has 4 aromatic rings. The van der Waals surface area contributed by atoms with Crippen LogP contribution in [0.3, 0.4) is 0 Å². The molecule has 0 atom stereocenters. The van der Waals surface area contributed by atoms with Crippen LogP contribution >= 0.6 is 11.8 Å². The van der Waals surface area contributed by atoms with Crippen LogP contribution in [0.2, 0.25) is 0 Å². The number of nitrogens with zero attached hydrogens (tertiary/aromatic N) is 2. The number of fused-ring (bicyclic) bond motifs is 1. The predicted octanol–water partition coefficient (Wildman–Crippen LogP) is 4.22. The molecule has 0 aliphatic heterocycles. The molecule has 0 aliphatic rings. The highest BCUT2D eigenvalue weighted by molar-refractivity contribution is 7.98. The van der Waals surface area contributed by atoms with Gasteiger partial charge in [0.1, 0.15) is 0 Å². The molecule has 2 aromatic carbocycles. The topological polar surface area (TPSA) is 74.4 Å². The predicted molar refractivity (Wildman–Crippen MR) is 105 cm³/mol. The summed E-state index contributed by atoms with van der Waals surface area (Å²) in [6.07, 6.45) is 0. The Bertz CT molecular complexity index is 1130. The molecule has 130 valence electrons. The zero-order valence-electron chi connectivity index (χ0n) is 14.5. The van der Waals surface area contributed by atoms with Gasteiger partial charge in [-0.3, -0.25) is 9.89 Å². The summed E-state index contributed by atoms with van der Waals surface area (Å²) in [5.74, 6) is 1.35. The molecule has 4 rings (SSSR count). The molecule has 0 saturated heterocycles. The third-order valence-corrected chi connectivity index (χ3v) is 5.08. The summed E-state index contributed by atoms with van der Waals surface area (Å²) in [6.45, 7) is 4.07. The fourth-order valence-electron chi connectivity index (χ4n) is 2.79. The van der Waals surface area contributed by atoms with E-state index in [4.69, 9.17) is 0 Å². The van der Waals surface area contributed by atoms with Gasteiger partial charge in [-0.25, -0.2) is 4.98 Å². The van der Waals surface area contributed by atoms with Gasteiger partial charge in [0, 0.05) is 34.0 Å². The van der Waals surface area contributed by atoms with Crippen molar-refractivity contribution in [2.24, 2.45) is 0 Å². The average Bonchev–Trinajstić information content (AvgIpc) is 3.09. The van der Waals surface area contributed by atoms with Crippen LogP contribution in [0.25, 0.3) is 22.3 Å². The van der Waals surface area contributed by atoms with Crippen molar-refractivity contribution < 1.29 is 0 Å². The minimum Gasteiger partial charge on any atom is -0.357 e. The lowest BCUT2D eigenvalue weighted by Crippen LogP contribution is -2.04. The number of thioether (sulfide) groups is 1. The fraction of sp³-hybridized carbons (Fsp3) is 0.150. The number of rotatable bonds is 4. The zero-order chi connectivity index (χ0) is 18.1. The molecule has 0 saturated carbocycles. The summed E-state index contributed by atoms with van der Waals surface area (Å²) >= 11 is 1.49. The number of aromatic nitrogens is 4. The van der Waals surface area contributed by atoms with Crippen molar-refractivity contribution in [2.75, 3.05) is 0 Å². The quantitative estimate of drug-likeness (QED) is 0.533. The van der Waals surface area contributed by atoms with Gasteiger partial charge in [0.25, 0.3) is 0 Å². The summed E-state index contributed by atoms with van der Waals surface area (Å²) in [5.41, 5.74) is 5.09. The normalized spacial score (nSPS) is 11.2. The van der Waals surface area contributed by atoms with Gasteiger partial charge < -0.3 is 4.98 Å². The van der Waals surface area contributed by atoms with Crippen molar-refractivity contribution in [2.45, 2.75) is 24.8 Å². The van der Waals surface area contributed by atoms with Gasteiger partial charge in [0.2, 0.25) is 5.16 Å². The summed E-state index contributed by atoms with van der Waals surface area (Å²) in [7, 11) is 0. The van der Waals surface area contributed by atoms with E-state index in [1.807, 2.05) is 49.4 Å². The number of aryl methyl sites for hydroxylation is 2. The van der Waals surface area contributed by atoms with E-state index in [1.54, 1.807) is 6.07 Å². The molecule has 0 fully saturated rings. The molecule has 0 unspecified atom stereocenters. The molecule has 0 bridgehead atoms. The number of hydrogen-bond acceptors (Lipinski definition) is 4. The van der Waals surface area contributed by atoms with Gasteiger partial charge in [-0.1, -0.05) is 47.7 Å². The Kier molecular flexibility index (Phi) is 4.34. The molecule has 5 nitrogen and oxygen atoms in total. The molecular formula is C20H18N4OS. The summed E-state index contributed by atoms with van der Waals surface area (Å²) in [6, 6.07) is 15.6. The number of aromatic amines is 2. The molecule has 2 N–H and O–H groups in total. The maximum absolute atomic E-state index is 12.3. The Balaban J connectivity index is 1.53. The SMILES string of the molecule is Cc1ccc(-c2nc(SCc3cc(=O)c4ccc(C)cc4[nH]3)n[nH]2)cc1. The summed E-state index contributed by atoms with van der Waals surface area (Å²) < 4.78 is 0. The first-order chi connectivity index (χ1) is 12.6. The molecule has 0 aliphatic carbocycles.